The molecule has 0 fully saturated rings. The Hall–Kier alpha value is -2.48. The van der Waals surface area contributed by atoms with E-state index in [0.717, 1.165) is 16.3 Å². The maximum atomic E-state index is 13.7. The van der Waals surface area contributed by atoms with Crippen molar-refractivity contribution in [2.75, 3.05) is 0 Å². The number of rotatable bonds is 2. The summed E-state index contributed by atoms with van der Waals surface area (Å²) in [6.45, 7) is 3.70. The molecule has 0 atom stereocenters. The maximum Gasteiger partial charge on any atom is 0.193 e. The molecule has 0 N–H and O–H groups in total. The van der Waals surface area contributed by atoms with Crippen LogP contribution in [0.4, 0.5) is 4.39 Å². The van der Waals surface area contributed by atoms with E-state index in [2.05, 4.69) is 0 Å². The van der Waals surface area contributed by atoms with E-state index >= 15 is 0 Å². The second kappa shape index (κ2) is 5.13. The monoisotopic (exact) mass is 278 g/mol. The van der Waals surface area contributed by atoms with E-state index in [1.165, 1.54) is 6.07 Å². The Labute approximate surface area is 123 Å². The van der Waals surface area contributed by atoms with Gasteiger partial charge in [-0.25, -0.2) is 4.39 Å². The van der Waals surface area contributed by atoms with Crippen LogP contribution in [0.15, 0.2) is 54.6 Å². The first-order valence-corrected chi connectivity index (χ1v) is 6.87. The van der Waals surface area contributed by atoms with E-state index in [0.29, 0.717) is 16.7 Å². The Morgan fingerprint density at radius 3 is 2.24 bits per heavy atom. The smallest absolute Gasteiger partial charge is 0.193 e. The number of hydrogen-bond donors (Lipinski definition) is 0. The van der Waals surface area contributed by atoms with E-state index in [4.69, 9.17) is 0 Å². The molecule has 2 heteroatoms. The molecule has 0 aliphatic rings. The number of benzene rings is 3. The third-order valence-corrected chi connectivity index (χ3v) is 3.82. The van der Waals surface area contributed by atoms with Crippen molar-refractivity contribution in [2.45, 2.75) is 13.8 Å². The molecule has 0 aliphatic carbocycles. The molecule has 0 spiro atoms. The molecular formula is C19H15FO. The van der Waals surface area contributed by atoms with Crippen LogP contribution in [-0.4, -0.2) is 5.78 Å². The molecule has 0 aliphatic heterocycles. The van der Waals surface area contributed by atoms with E-state index in [-0.39, 0.29) is 11.6 Å². The van der Waals surface area contributed by atoms with Crippen molar-refractivity contribution in [2.24, 2.45) is 0 Å². The summed E-state index contributed by atoms with van der Waals surface area (Å²) in [5.74, 6) is -0.498. The molecule has 3 rings (SSSR count). The Balaban J connectivity index is 2.18. The number of aryl methyl sites for hydroxylation is 2. The average molecular weight is 278 g/mol. The van der Waals surface area contributed by atoms with Gasteiger partial charge < -0.3 is 0 Å². The van der Waals surface area contributed by atoms with Crippen molar-refractivity contribution in [1.29, 1.82) is 0 Å². The van der Waals surface area contributed by atoms with Gasteiger partial charge in [0.15, 0.2) is 5.78 Å². The first-order chi connectivity index (χ1) is 10.1. The van der Waals surface area contributed by atoms with Crippen molar-refractivity contribution in [3.63, 3.8) is 0 Å². The zero-order valence-electron chi connectivity index (χ0n) is 12.0. The van der Waals surface area contributed by atoms with Gasteiger partial charge >= 0.3 is 0 Å². The molecule has 21 heavy (non-hydrogen) atoms. The van der Waals surface area contributed by atoms with Crippen LogP contribution in [0.2, 0.25) is 0 Å². The summed E-state index contributed by atoms with van der Waals surface area (Å²) in [7, 11) is 0. The lowest BCUT2D eigenvalue weighted by Crippen LogP contribution is -2.03. The Kier molecular flexibility index (Phi) is 3.30. The van der Waals surface area contributed by atoms with Crippen LogP contribution in [0.3, 0.4) is 0 Å². The van der Waals surface area contributed by atoms with Crippen LogP contribution in [0, 0.1) is 19.7 Å². The molecule has 1 nitrogen and oxygen atoms in total. The lowest BCUT2D eigenvalue weighted by atomic mass is 9.94. The second-order valence-corrected chi connectivity index (χ2v) is 5.27. The van der Waals surface area contributed by atoms with Crippen LogP contribution < -0.4 is 0 Å². The SMILES string of the molecule is Cc1ccc(C(=O)c2ccc(C)c3ccccc23)cc1F. The predicted molar refractivity (Wildman–Crippen MR) is 83.3 cm³/mol. The lowest BCUT2D eigenvalue weighted by molar-refractivity contribution is 0.104. The van der Waals surface area contributed by atoms with E-state index in [1.807, 2.05) is 43.3 Å². The highest BCUT2D eigenvalue weighted by molar-refractivity contribution is 6.16. The first-order valence-electron chi connectivity index (χ1n) is 6.87. The number of hydrogen-bond acceptors (Lipinski definition) is 1. The van der Waals surface area contributed by atoms with Gasteiger partial charge in [0.25, 0.3) is 0 Å². The van der Waals surface area contributed by atoms with Crippen LogP contribution in [-0.2, 0) is 0 Å². The van der Waals surface area contributed by atoms with Gasteiger partial charge in [-0.05, 0) is 41.8 Å². The Bertz CT molecular complexity index is 849. The number of halogens is 1. The fourth-order valence-corrected chi connectivity index (χ4v) is 2.54. The minimum absolute atomic E-state index is 0.148. The molecule has 0 saturated heterocycles. The van der Waals surface area contributed by atoms with Gasteiger partial charge in [0.05, 0.1) is 0 Å². The zero-order valence-corrected chi connectivity index (χ0v) is 12.0. The van der Waals surface area contributed by atoms with Gasteiger partial charge in [-0.3, -0.25) is 4.79 Å². The highest BCUT2D eigenvalue weighted by Gasteiger charge is 2.14. The number of ketones is 1. The molecule has 3 aromatic carbocycles. The summed E-state index contributed by atoms with van der Waals surface area (Å²) in [5, 5.41) is 1.96. The van der Waals surface area contributed by atoms with Crippen LogP contribution in [0.1, 0.15) is 27.0 Å². The topological polar surface area (TPSA) is 17.1 Å². The van der Waals surface area contributed by atoms with Crippen molar-refractivity contribution in [1.82, 2.24) is 0 Å². The van der Waals surface area contributed by atoms with E-state index in [9.17, 15) is 9.18 Å². The molecule has 0 bridgehead atoms. The van der Waals surface area contributed by atoms with Crippen LogP contribution in [0.5, 0.6) is 0 Å². The fourth-order valence-electron chi connectivity index (χ4n) is 2.54. The summed E-state index contributed by atoms with van der Waals surface area (Å²) in [6.07, 6.45) is 0. The largest absolute Gasteiger partial charge is 0.289 e. The normalized spacial score (nSPS) is 10.8. The van der Waals surface area contributed by atoms with Crippen molar-refractivity contribution >= 4 is 16.6 Å². The van der Waals surface area contributed by atoms with Gasteiger partial charge in [0.1, 0.15) is 5.82 Å². The zero-order chi connectivity index (χ0) is 15.0. The Morgan fingerprint density at radius 2 is 1.52 bits per heavy atom. The molecule has 0 amide bonds. The van der Waals surface area contributed by atoms with E-state index < -0.39 is 0 Å². The second-order valence-electron chi connectivity index (χ2n) is 5.27. The van der Waals surface area contributed by atoms with Gasteiger partial charge in [-0.1, -0.05) is 48.5 Å². The average Bonchev–Trinajstić information content (AvgIpc) is 2.50. The number of carbonyl (C=O) groups is 1. The number of fused-ring (bicyclic) bond motifs is 1. The molecule has 3 aromatic rings. The molecule has 0 heterocycles. The molecule has 0 unspecified atom stereocenters. The molecular weight excluding hydrogens is 263 g/mol. The third kappa shape index (κ3) is 2.33. The predicted octanol–water partition coefficient (Wildman–Crippen LogP) is 4.83. The van der Waals surface area contributed by atoms with E-state index in [1.54, 1.807) is 19.1 Å². The first kappa shape index (κ1) is 13.5. The number of carbonyl (C=O) groups excluding carboxylic acids is 1. The summed E-state index contributed by atoms with van der Waals surface area (Å²) in [5.41, 5.74) is 2.66. The van der Waals surface area contributed by atoms with Crippen molar-refractivity contribution in [3.8, 4) is 0 Å². The van der Waals surface area contributed by atoms with Gasteiger partial charge in [-0.15, -0.1) is 0 Å². The molecule has 104 valence electrons. The van der Waals surface area contributed by atoms with Gasteiger partial charge in [-0.2, -0.15) is 0 Å². The Morgan fingerprint density at radius 1 is 0.857 bits per heavy atom. The minimum atomic E-state index is -0.350. The molecule has 0 saturated carbocycles. The lowest BCUT2D eigenvalue weighted by Gasteiger charge is -2.09. The highest BCUT2D eigenvalue weighted by atomic mass is 19.1. The standard InChI is InChI=1S/C19H15FO/c1-12-8-10-17(16-6-4-3-5-15(12)16)19(21)14-9-7-13(2)18(20)11-14/h3-11H,1-2H3. The fraction of sp³-hybridized carbons (Fsp3) is 0.105. The minimum Gasteiger partial charge on any atom is -0.289 e. The molecule has 0 aromatic heterocycles. The summed E-state index contributed by atoms with van der Waals surface area (Å²) >= 11 is 0. The summed E-state index contributed by atoms with van der Waals surface area (Å²) in [6, 6.07) is 16.2. The van der Waals surface area contributed by atoms with Gasteiger partial charge in [0.2, 0.25) is 0 Å². The van der Waals surface area contributed by atoms with Crippen molar-refractivity contribution < 1.29 is 9.18 Å². The summed E-state index contributed by atoms with van der Waals surface area (Å²) in [4.78, 5) is 12.7. The summed E-state index contributed by atoms with van der Waals surface area (Å²) < 4.78 is 13.7. The maximum absolute atomic E-state index is 13.7. The van der Waals surface area contributed by atoms with Crippen molar-refractivity contribution in [3.05, 3.63) is 82.7 Å². The van der Waals surface area contributed by atoms with Crippen LogP contribution in [0.25, 0.3) is 10.8 Å². The molecule has 0 radical (unpaired) electrons. The van der Waals surface area contributed by atoms with Gasteiger partial charge in [0, 0.05) is 11.1 Å². The third-order valence-electron chi connectivity index (χ3n) is 3.82. The highest BCUT2D eigenvalue weighted by Crippen LogP contribution is 2.25. The quantitative estimate of drug-likeness (QED) is 0.614. The van der Waals surface area contributed by atoms with Crippen LogP contribution >= 0.6 is 0 Å².